The normalized spacial score (nSPS) is 10.1. The molecule has 3 nitrogen and oxygen atoms in total. The second kappa shape index (κ2) is 5.73. The highest BCUT2D eigenvalue weighted by Gasteiger charge is 2.10. The number of rotatable bonds is 3. The van der Waals surface area contributed by atoms with E-state index in [1.807, 2.05) is 0 Å². The van der Waals surface area contributed by atoms with Gasteiger partial charge in [-0.25, -0.2) is 4.39 Å². The van der Waals surface area contributed by atoms with Crippen LogP contribution in [0, 0.1) is 5.82 Å². The maximum Gasteiger partial charge on any atom is 0.252 e. The molecule has 0 radical (unpaired) electrons. The van der Waals surface area contributed by atoms with E-state index in [1.54, 1.807) is 24.5 Å². The summed E-state index contributed by atoms with van der Waals surface area (Å²) in [6, 6.07) is 7.62. The van der Waals surface area contributed by atoms with E-state index < -0.39 is 5.82 Å². The number of carbonyl (C=O) groups is 1. The highest BCUT2D eigenvalue weighted by molar-refractivity contribution is 9.10. The average Bonchev–Trinajstić information content (AvgIpc) is 2.40. The molecule has 0 aliphatic carbocycles. The van der Waals surface area contributed by atoms with Crippen LogP contribution in [-0.2, 0) is 6.54 Å². The van der Waals surface area contributed by atoms with Crippen molar-refractivity contribution in [3.63, 3.8) is 0 Å². The highest BCUT2D eigenvalue weighted by Crippen LogP contribution is 2.17. The van der Waals surface area contributed by atoms with Gasteiger partial charge in [0.25, 0.3) is 5.91 Å². The standard InChI is InChI=1S/C13H10BrFN2O/c14-12-2-1-10(15)7-11(12)13(18)17-8-9-3-5-16-6-4-9/h1-7H,8H2,(H,17,18). The number of hydrogen-bond acceptors (Lipinski definition) is 2. The summed E-state index contributed by atoms with van der Waals surface area (Å²) in [5.41, 5.74) is 1.22. The molecule has 0 aliphatic heterocycles. The average molecular weight is 309 g/mol. The molecule has 0 spiro atoms. The van der Waals surface area contributed by atoms with E-state index in [9.17, 15) is 9.18 Å². The molecule has 0 saturated carbocycles. The third-order valence-corrected chi connectivity index (χ3v) is 3.07. The van der Waals surface area contributed by atoms with E-state index in [-0.39, 0.29) is 11.5 Å². The molecule has 0 saturated heterocycles. The molecule has 0 atom stereocenters. The third kappa shape index (κ3) is 3.13. The van der Waals surface area contributed by atoms with Crippen LogP contribution in [0.15, 0.2) is 47.2 Å². The van der Waals surface area contributed by atoms with Crippen molar-refractivity contribution in [1.29, 1.82) is 0 Å². The molecule has 1 amide bonds. The Morgan fingerprint density at radius 3 is 2.72 bits per heavy atom. The number of amides is 1. The SMILES string of the molecule is O=C(NCc1ccncc1)c1cc(F)ccc1Br. The Kier molecular flexibility index (Phi) is 4.04. The van der Waals surface area contributed by atoms with E-state index in [0.717, 1.165) is 5.56 Å². The minimum Gasteiger partial charge on any atom is -0.348 e. The Morgan fingerprint density at radius 1 is 1.28 bits per heavy atom. The van der Waals surface area contributed by atoms with Crippen LogP contribution in [0.2, 0.25) is 0 Å². The summed E-state index contributed by atoms with van der Waals surface area (Å²) < 4.78 is 13.6. The Labute approximate surface area is 112 Å². The first kappa shape index (κ1) is 12.7. The monoisotopic (exact) mass is 308 g/mol. The molecule has 0 unspecified atom stereocenters. The van der Waals surface area contributed by atoms with Crippen LogP contribution in [0.25, 0.3) is 0 Å². The Balaban J connectivity index is 2.06. The van der Waals surface area contributed by atoms with Crippen molar-refractivity contribution in [2.75, 3.05) is 0 Å². The van der Waals surface area contributed by atoms with Crippen LogP contribution in [0.5, 0.6) is 0 Å². The highest BCUT2D eigenvalue weighted by atomic mass is 79.9. The number of nitrogens with zero attached hydrogens (tertiary/aromatic N) is 1. The molecular formula is C13H10BrFN2O. The molecule has 5 heteroatoms. The molecule has 2 aromatic rings. The molecule has 0 aliphatic rings. The quantitative estimate of drug-likeness (QED) is 0.947. The molecule has 1 aromatic carbocycles. The van der Waals surface area contributed by atoms with Gasteiger partial charge in [-0.05, 0) is 51.8 Å². The minimum atomic E-state index is -0.438. The van der Waals surface area contributed by atoms with Crippen LogP contribution < -0.4 is 5.32 Å². The van der Waals surface area contributed by atoms with Crippen molar-refractivity contribution in [3.05, 3.63) is 64.1 Å². The summed E-state index contributed by atoms with van der Waals surface area (Å²) in [4.78, 5) is 15.8. The number of nitrogens with one attached hydrogen (secondary N) is 1. The van der Waals surface area contributed by atoms with Crippen LogP contribution in [0.3, 0.4) is 0 Å². The van der Waals surface area contributed by atoms with Crippen molar-refractivity contribution in [3.8, 4) is 0 Å². The van der Waals surface area contributed by atoms with E-state index in [4.69, 9.17) is 0 Å². The molecule has 2 rings (SSSR count). The smallest absolute Gasteiger partial charge is 0.252 e. The van der Waals surface area contributed by atoms with Gasteiger partial charge in [-0.15, -0.1) is 0 Å². The van der Waals surface area contributed by atoms with Gasteiger partial charge in [-0.3, -0.25) is 9.78 Å². The van der Waals surface area contributed by atoms with Crippen molar-refractivity contribution in [2.45, 2.75) is 6.54 Å². The number of carbonyl (C=O) groups excluding carboxylic acids is 1. The van der Waals surface area contributed by atoms with Gasteiger partial charge in [0.2, 0.25) is 0 Å². The topological polar surface area (TPSA) is 42.0 Å². The van der Waals surface area contributed by atoms with Crippen molar-refractivity contribution in [1.82, 2.24) is 10.3 Å². The van der Waals surface area contributed by atoms with Gasteiger partial charge in [-0.2, -0.15) is 0 Å². The van der Waals surface area contributed by atoms with Crippen LogP contribution in [-0.4, -0.2) is 10.9 Å². The van der Waals surface area contributed by atoms with Gasteiger partial charge in [0.05, 0.1) is 5.56 Å². The van der Waals surface area contributed by atoms with Gasteiger partial charge in [0, 0.05) is 23.4 Å². The zero-order chi connectivity index (χ0) is 13.0. The summed E-state index contributed by atoms with van der Waals surface area (Å²) in [6.45, 7) is 0.379. The van der Waals surface area contributed by atoms with E-state index >= 15 is 0 Å². The maximum absolute atomic E-state index is 13.1. The fourth-order valence-corrected chi connectivity index (χ4v) is 1.88. The summed E-state index contributed by atoms with van der Waals surface area (Å²) in [5, 5.41) is 2.72. The van der Waals surface area contributed by atoms with Crippen molar-refractivity contribution in [2.24, 2.45) is 0 Å². The Hall–Kier alpha value is -1.75. The zero-order valence-electron chi connectivity index (χ0n) is 9.36. The number of halogens is 2. The Bertz CT molecular complexity index is 560. The van der Waals surface area contributed by atoms with Gasteiger partial charge >= 0.3 is 0 Å². The predicted molar refractivity (Wildman–Crippen MR) is 69.5 cm³/mol. The van der Waals surface area contributed by atoms with Gasteiger partial charge < -0.3 is 5.32 Å². The number of pyridine rings is 1. The van der Waals surface area contributed by atoms with Gasteiger partial charge in [0.1, 0.15) is 5.82 Å². The molecule has 1 N–H and O–H groups in total. The predicted octanol–water partition coefficient (Wildman–Crippen LogP) is 2.91. The zero-order valence-corrected chi connectivity index (χ0v) is 10.9. The third-order valence-electron chi connectivity index (χ3n) is 2.38. The fourth-order valence-electron chi connectivity index (χ4n) is 1.45. The number of benzene rings is 1. The first-order valence-corrected chi connectivity index (χ1v) is 6.08. The lowest BCUT2D eigenvalue weighted by Gasteiger charge is -2.07. The second-order valence-electron chi connectivity index (χ2n) is 3.66. The van der Waals surface area contributed by atoms with Crippen LogP contribution >= 0.6 is 15.9 Å². The molecule has 1 aromatic heterocycles. The second-order valence-corrected chi connectivity index (χ2v) is 4.52. The van der Waals surface area contributed by atoms with E-state index in [2.05, 4.69) is 26.2 Å². The lowest BCUT2D eigenvalue weighted by Crippen LogP contribution is -2.23. The van der Waals surface area contributed by atoms with Crippen molar-refractivity contribution < 1.29 is 9.18 Å². The van der Waals surface area contributed by atoms with E-state index in [1.165, 1.54) is 18.2 Å². The first-order valence-electron chi connectivity index (χ1n) is 5.29. The van der Waals surface area contributed by atoms with Gasteiger partial charge in [0.15, 0.2) is 0 Å². The van der Waals surface area contributed by atoms with E-state index in [0.29, 0.717) is 11.0 Å². The number of aromatic nitrogens is 1. The Morgan fingerprint density at radius 2 is 2.00 bits per heavy atom. The molecule has 18 heavy (non-hydrogen) atoms. The minimum absolute atomic E-state index is 0.282. The summed E-state index contributed by atoms with van der Waals surface area (Å²) in [6.07, 6.45) is 3.30. The lowest BCUT2D eigenvalue weighted by molar-refractivity contribution is 0.0949. The molecule has 0 bridgehead atoms. The largest absolute Gasteiger partial charge is 0.348 e. The molecule has 1 heterocycles. The molecule has 92 valence electrons. The number of hydrogen-bond donors (Lipinski definition) is 1. The lowest BCUT2D eigenvalue weighted by atomic mass is 10.2. The summed E-state index contributed by atoms with van der Waals surface area (Å²) >= 11 is 3.22. The first-order chi connectivity index (χ1) is 8.66. The van der Waals surface area contributed by atoms with Crippen molar-refractivity contribution >= 4 is 21.8 Å². The molecular weight excluding hydrogens is 299 g/mol. The van der Waals surface area contributed by atoms with Crippen LogP contribution in [0.4, 0.5) is 4.39 Å². The fraction of sp³-hybridized carbons (Fsp3) is 0.0769. The molecule has 0 fully saturated rings. The van der Waals surface area contributed by atoms with Crippen LogP contribution in [0.1, 0.15) is 15.9 Å². The summed E-state index contributed by atoms with van der Waals surface area (Å²) in [5.74, 6) is -0.759. The van der Waals surface area contributed by atoms with Gasteiger partial charge in [-0.1, -0.05) is 0 Å². The summed E-state index contributed by atoms with van der Waals surface area (Å²) in [7, 11) is 0. The maximum atomic E-state index is 13.1.